The van der Waals surface area contributed by atoms with Crippen molar-refractivity contribution in [1.82, 2.24) is 0 Å². The van der Waals surface area contributed by atoms with Gasteiger partial charge in [0.2, 0.25) is 6.79 Å². The maximum Gasteiger partial charge on any atom is 0.231 e. The molecule has 1 aliphatic heterocycles. The number of nitriles is 1. The zero-order valence-corrected chi connectivity index (χ0v) is 11.6. The standard InChI is InChI=1S/C13H13NO5S/c1-20(16,17)12-11(13(12,5-14)6-15)8-2-3-9-10(4-8)19-7-18-9/h2-4,11-12,15H,6-7H2,1H3/t11-,12+,13-/m0/s1. The number of benzene rings is 1. The van der Waals surface area contributed by atoms with Crippen LogP contribution in [0.5, 0.6) is 11.5 Å². The van der Waals surface area contributed by atoms with Crippen LogP contribution in [-0.4, -0.2) is 38.4 Å². The van der Waals surface area contributed by atoms with Crippen molar-refractivity contribution >= 4 is 9.84 Å². The average molecular weight is 295 g/mol. The molecule has 3 atom stereocenters. The van der Waals surface area contributed by atoms with E-state index in [2.05, 4.69) is 0 Å². The molecule has 1 N–H and O–H groups in total. The lowest BCUT2D eigenvalue weighted by atomic mass is 10.0. The molecule has 1 saturated carbocycles. The van der Waals surface area contributed by atoms with E-state index in [-0.39, 0.29) is 6.79 Å². The first-order valence-corrected chi connectivity index (χ1v) is 8.00. The van der Waals surface area contributed by atoms with Gasteiger partial charge in [0.1, 0.15) is 5.41 Å². The van der Waals surface area contributed by atoms with Gasteiger partial charge in [0.25, 0.3) is 0 Å². The summed E-state index contributed by atoms with van der Waals surface area (Å²) >= 11 is 0. The van der Waals surface area contributed by atoms with Gasteiger partial charge in [-0.3, -0.25) is 0 Å². The normalized spacial score (nSPS) is 30.9. The summed E-state index contributed by atoms with van der Waals surface area (Å²) in [6.07, 6.45) is 1.09. The minimum absolute atomic E-state index is 0.127. The van der Waals surface area contributed by atoms with Gasteiger partial charge in [0, 0.05) is 12.2 Å². The van der Waals surface area contributed by atoms with E-state index in [9.17, 15) is 18.8 Å². The highest BCUT2D eigenvalue weighted by molar-refractivity contribution is 7.91. The second-order valence-corrected chi connectivity index (χ2v) is 7.32. The monoisotopic (exact) mass is 295 g/mol. The number of hydrogen-bond acceptors (Lipinski definition) is 6. The first-order valence-electron chi connectivity index (χ1n) is 6.04. The number of aliphatic hydroxyl groups is 1. The van der Waals surface area contributed by atoms with E-state index in [1.165, 1.54) is 0 Å². The van der Waals surface area contributed by atoms with E-state index < -0.39 is 33.0 Å². The smallest absolute Gasteiger partial charge is 0.231 e. The molecule has 0 aromatic heterocycles. The number of ether oxygens (including phenoxy) is 2. The van der Waals surface area contributed by atoms with Gasteiger partial charge in [0.15, 0.2) is 21.3 Å². The van der Waals surface area contributed by atoms with Crippen molar-refractivity contribution in [3.8, 4) is 17.6 Å². The second-order valence-electron chi connectivity index (χ2n) is 5.15. The molecule has 1 fully saturated rings. The van der Waals surface area contributed by atoms with Crippen molar-refractivity contribution in [2.75, 3.05) is 19.7 Å². The van der Waals surface area contributed by atoms with Crippen LogP contribution in [0.15, 0.2) is 18.2 Å². The molecule has 20 heavy (non-hydrogen) atoms. The molecule has 1 aliphatic carbocycles. The molecule has 0 saturated heterocycles. The molecule has 1 aromatic carbocycles. The lowest BCUT2D eigenvalue weighted by molar-refractivity contribution is 0.174. The number of fused-ring (bicyclic) bond motifs is 1. The van der Waals surface area contributed by atoms with Crippen molar-refractivity contribution in [1.29, 1.82) is 5.26 Å². The average Bonchev–Trinajstić information content (AvgIpc) is 2.89. The number of hydrogen-bond donors (Lipinski definition) is 1. The zero-order chi connectivity index (χ0) is 14.5. The first kappa shape index (κ1) is 13.2. The summed E-state index contributed by atoms with van der Waals surface area (Å²) in [5.74, 6) is 0.588. The number of nitrogens with zero attached hydrogens (tertiary/aromatic N) is 1. The molecular formula is C13H13NO5S. The summed E-state index contributed by atoms with van der Waals surface area (Å²) in [5, 5.41) is 17.9. The number of rotatable bonds is 3. The third-order valence-electron chi connectivity index (χ3n) is 3.94. The van der Waals surface area contributed by atoms with Crippen LogP contribution in [0.3, 0.4) is 0 Å². The van der Waals surface area contributed by atoms with E-state index in [0.29, 0.717) is 17.1 Å². The predicted molar refractivity (Wildman–Crippen MR) is 69.1 cm³/mol. The lowest BCUT2D eigenvalue weighted by Crippen LogP contribution is -2.16. The largest absolute Gasteiger partial charge is 0.454 e. The summed E-state index contributed by atoms with van der Waals surface area (Å²) in [6.45, 7) is -0.358. The summed E-state index contributed by atoms with van der Waals surface area (Å²) in [6, 6.07) is 7.06. The van der Waals surface area contributed by atoms with Crippen molar-refractivity contribution in [2.45, 2.75) is 11.2 Å². The SMILES string of the molecule is CS(=O)(=O)[C@@H]1[C@H](c2ccc3c(c2)OCO3)[C@]1(C#N)CO. The molecule has 0 amide bonds. The maximum absolute atomic E-state index is 11.8. The molecule has 6 nitrogen and oxygen atoms in total. The molecule has 7 heteroatoms. The van der Waals surface area contributed by atoms with E-state index >= 15 is 0 Å². The third-order valence-corrected chi connectivity index (χ3v) is 5.56. The zero-order valence-electron chi connectivity index (χ0n) is 10.7. The molecule has 106 valence electrons. The Kier molecular flexibility index (Phi) is 2.71. The second kappa shape index (κ2) is 4.11. The highest BCUT2D eigenvalue weighted by Gasteiger charge is 2.70. The molecule has 0 spiro atoms. The van der Waals surface area contributed by atoms with Crippen LogP contribution in [0, 0.1) is 16.7 Å². The topological polar surface area (TPSA) is 96.6 Å². The molecule has 2 aliphatic rings. The fourth-order valence-corrected chi connectivity index (χ4v) is 4.82. The Hall–Kier alpha value is -1.78. The fourth-order valence-electron chi connectivity index (χ4n) is 2.97. The van der Waals surface area contributed by atoms with Crippen molar-refractivity contribution < 1.29 is 23.0 Å². The Balaban J connectivity index is 2.04. The van der Waals surface area contributed by atoms with Crippen molar-refractivity contribution in [3.63, 3.8) is 0 Å². The minimum atomic E-state index is -3.43. The Bertz CT molecular complexity index is 708. The molecule has 0 bridgehead atoms. The van der Waals surface area contributed by atoms with Gasteiger partial charge in [-0.25, -0.2) is 8.42 Å². The highest BCUT2D eigenvalue weighted by Crippen LogP contribution is 2.62. The van der Waals surface area contributed by atoms with Crippen LogP contribution in [0.2, 0.25) is 0 Å². The van der Waals surface area contributed by atoms with Gasteiger partial charge >= 0.3 is 0 Å². The fraction of sp³-hybridized carbons (Fsp3) is 0.462. The van der Waals surface area contributed by atoms with E-state index in [4.69, 9.17) is 9.47 Å². The van der Waals surface area contributed by atoms with E-state index in [0.717, 1.165) is 6.26 Å². The maximum atomic E-state index is 11.8. The van der Waals surface area contributed by atoms with Crippen LogP contribution in [0.25, 0.3) is 0 Å². The van der Waals surface area contributed by atoms with Crippen molar-refractivity contribution in [3.05, 3.63) is 23.8 Å². The first-order chi connectivity index (χ1) is 9.44. The summed E-state index contributed by atoms with van der Waals surface area (Å²) in [5.41, 5.74) is -0.596. The van der Waals surface area contributed by atoms with Crippen LogP contribution in [-0.2, 0) is 9.84 Å². The van der Waals surface area contributed by atoms with Crippen LogP contribution < -0.4 is 9.47 Å². The number of aliphatic hydroxyl groups excluding tert-OH is 1. The molecule has 1 aromatic rings. The molecular weight excluding hydrogens is 282 g/mol. The molecule has 3 rings (SSSR count). The summed E-state index contributed by atoms with van der Waals surface area (Å²) < 4.78 is 34.1. The van der Waals surface area contributed by atoms with E-state index in [1.807, 2.05) is 6.07 Å². The minimum Gasteiger partial charge on any atom is -0.454 e. The van der Waals surface area contributed by atoms with Gasteiger partial charge in [-0.15, -0.1) is 0 Å². The van der Waals surface area contributed by atoms with Crippen LogP contribution in [0.4, 0.5) is 0 Å². The van der Waals surface area contributed by atoms with Crippen molar-refractivity contribution in [2.24, 2.45) is 5.41 Å². The Morgan fingerprint density at radius 2 is 2.15 bits per heavy atom. The van der Waals surface area contributed by atoms with Gasteiger partial charge in [-0.05, 0) is 17.7 Å². The van der Waals surface area contributed by atoms with Gasteiger partial charge in [-0.1, -0.05) is 6.07 Å². The quantitative estimate of drug-likeness (QED) is 0.868. The Morgan fingerprint density at radius 3 is 2.70 bits per heavy atom. The van der Waals surface area contributed by atoms with Gasteiger partial charge in [-0.2, -0.15) is 5.26 Å². The summed E-state index contributed by atoms with van der Waals surface area (Å²) in [7, 11) is -3.43. The highest BCUT2D eigenvalue weighted by atomic mass is 32.2. The third kappa shape index (κ3) is 1.69. The Labute approximate surface area is 116 Å². The van der Waals surface area contributed by atoms with E-state index in [1.54, 1.807) is 18.2 Å². The van der Waals surface area contributed by atoms with Gasteiger partial charge < -0.3 is 14.6 Å². The molecule has 0 radical (unpaired) electrons. The van der Waals surface area contributed by atoms with Crippen LogP contribution >= 0.6 is 0 Å². The molecule has 0 unspecified atom stereocenters. The lowest BCUT2D eigenvalue weighted by Gasteiger charge is -2.04. The number of sulfone groups is 1. The van der Waals surface area contributed by atoms with Gasteiger partial charge in [0.05, 0.1) is 17.9 Å². The Morgan fingerprint density at radius 1 is 1.45 bits per heavy atom. The summed E-state index contributed by atoms with van der Waals surface area (Å²) in [4.78, 5) is 0. The van der Waals surface area contributed by atoms with Crippen LogP contribution in [0.1, 0.15) is 11.5 Å². The predicted octanol–water partition coefficient (Wildman–Crippen LogP) is 0.428. The molecule has 1 heterocycles.